The molecule has 25 rings (SSSR count). The van der Waals surface area contributed by atoms with Gasteiger partial charge in [0.1, 0.15) is 72.9 Å². The zero-order chi connectivity index (χ0) is 104. The van der Waals surface area contributed by atoms with Crippen LogP contribution in [-0.4, -0.2) is 0 Å². The average molecular weight is 1950 g/mol. The summed E-state index contributed by atoms with van der Waals surface area (Å²) in [5.41, 5.74) is 55.7. The van der Waals surface area contributed by atoms with Crippen molar-refractivity contribution in [2.45, 2.75) is 253 Å². The molecular weight excluding hydrogens is 1800 g/mol. The fraction of sp³-hybridized carbons (Fsp3) is 0.343. The lowest BCUT2D eigenvalue weighted by Crippen LogP contribution is -2.37. The van der Waals surface area contributed by atoms with Gasteiger partial charge in [0.15, 0.2) is 24.8 Å². The standard InChI is InChI=1S/C38H44NO.C36H40NO.C34H36NO.C32H30NO/c1-23-15-16-26-27-17-18-30-33(35(27)40-34(26)32(23)31-19-24(2)25(3)20-39(31)10)28-13-11-12-14-29(28)38(30,21-36(4,5)6)22-37(7,8)9;1-21(2)18-36(19-22(3)4)29-12-10-9-11-28(29)33-30(36)16-15-27-26-14-13-23(5)32(34(26)38-35(27)33)31-17-24(6)25(7)20-37(31)8;1-19(2)34(20(3)4)27-12-10-9-11-26(27)31-28(34)16-15-25-24-14-13-21(5)30(32(24)36-33(25)31)29-17-22(6)23(7)18-35(29)8;1-19-11-12-22-23-13-14-26-29(24-9-5-6-10-25(24)32(26)15-7-8-16-32)31(23)34-30(22)28(19)27-17-20(2)21(3)18-33(27)4/h11-20H,21-22H2,1-10H3;9-17,20-22H,18-19H2,1-8H3;9-20H,1-8H3;5-6,9-14,17-18H,7-8,15-16H2,1-4H3/q4*+1. The monoisotopic (exact) mass is 1950 g/mol. The van der Waals surface area contributed by atoms with Gasteiger partial charge in [-0.15, -0.1) is 0 Å². The van der Waals surface area contributed by atoms with E-state index in [-0.39, 0.29) is 32.5 Å². The van der Waals surface area contributed by atoms with E-state index in [1.165, 1.54) is 270 Å². The molecule has 8 nitrogen and oxygen atoms in total. The Bertz CT molecular complexity index is 8860. The third kappa shape index (κ3) is 15.4. The SMILES string of the molecule is Cc1cc(-c2c(C)ccc3c2oc2c4c(ccc23)C(C(C)C)(C(C)C)c2ccccc2-4)[n+](C)cc1C.Cc1cc(-c2c(C)ccc3c2oc2c4c(ccc23)C(CC(C)(C)C)(CC(C)(C)C)c2ccccc2-4)[n+](C)cc1C.Cc1cc(-c2c(C)ccc3c2oc2c4c(ccc23)C(CC(C)C)(CC(C)C)c2ccccc2-4)[n+](C)cc1C.Cc1cc(-c2c(C)ccc3c2oc2c4c(ccc23)C2(CCCC2)c2ccccc2-4)[n+](C)cc1C. The molecule has 0 aliphatic heterocycles. The number of aryl methyl sites for hydroxylation is 16. The zero-order valence-electron chi connectivity index (χ0n) is 93.5. The second-order valence-corrected chi connectivity index (χ2v) is 49.4. The highest BCUT2D eigenvalue weighted by molar-refractivity contribution is 6.19. The van der Waals surface area contributed by atoms with Gasteiger partial charge in [0.25, 0.3) is 0 Å². The van der Waals surface area contributed by atoms with Crippen molar-refractivity contribution >= 4 is 87.8 Å². The first-order valence-electron chi connectivity index (χ1n) is 54.7. The third-order valence-corrected chi connectivity index (χ3v) is 35.3. The van der Waals surface area contributed by atoms with Crippen LogP contribution in [0.1, 0.15) is 260 Å². The minimum Gasteiger partial charge on any atom is -0.454 e. The molecule has 8 heterocycles. The van der Waals surface area contributed by atoms with E-state index in [9.17, 15) is 0 Å². The molecular formula is C140H150N4O4+4. The maximum absolute atomic E-state index is 7.08. The highest BCUT2D eigenvalue weighted by Gasteiger charge is 2.53. The molecule has 0 radical (unpaired) electrons. The summed E-state index contributed by atoms with van der Waals surface area (Å²) < 4.78 is 37.0. The minimum atomic E-state index is -0.0607. The number of rotatable bonds is 12. The van der Waals surface area contributed by atoms with Crippen LogP contribution in [-0.2, 0) is 49.9 Å². The normalized spacial score (nSPS) is 14.7. The van der Waals surface area contributed by atoms with Crippen molar-refractivity contribution in [1.29, 1.82) is 0 Å². The maximum Gasteiger partial charge on any atom is 0.216 e. The van der Waals surface area contributed by atoms with Gasteiger partial charge >= 0.3 is 0 Å². The number of fused-ring (bicyclic) bond motifs is 30. The first-order valence-corrected chi connectivity index (χ1v) is 54.7. The molecule has 5 aliphatic carbocycles. The van der Waals surface area contributed by atoms with E-state index >= 15 is 0 Å². The van der Waals surface area contributed by atoms with E-state index < -0.39 is 0 Å². The van der Waals surface area contributed by atoms with Crippen LogP contribution >= 0.6 is 0 Å². The van der Waals surface area contributed by atoms with Gasteiger partial charge < -0.3 is 17.7 Å². The topological polar surface area (TPSA) is 68.1 Å². The van der Waals surface area contributed by atoms with Crippen LogP contribution < -0.4 is 18.3 Å². The van der Waals surface area contributed by atoms with Crippen LogP contribution in [0.4, 0.5) is 0 Å². The first-order chi connectivity index (χ1) is 70.5. The Morgan fingerprint density at radius 3 is 0.804 bits per heavy atom. The summed E-state index contributed by atoms with van der Waals surface area (Å²) in [5.74, 6) is 2.12. The summed E-state index contributed by atoms with van der Waals surface area (Å²) in [6.07, 6.45) is 18.5. The van der Waals surface area contributed by atoms with Crippen molar-refractivity contribution in [2.24, 2.45) is 62.7 Å². The molecule has 1 fully saturated rings. The molecule has 8 heteroatoms. The molecule has 0 amide bonds. The Balaban J connectivity index is 0.000000112. The Hall–Kier alpha value is -13.6. The first kappa shape index (κ1) is 99.1. The Morgan fingerprint density at radius 1 is 0.250 bits per heavy atom. The van der Waals surface area contributed by atoms with Crippen LogP contribution in [0.15, 0.2) is 261 Å². The van der Waals surface area contributed by atoms with Crippen LogP contribution in [0.5, 0.6) is 0 Å². The number of furan rings is 4. The largest absolute Gasteiger partial charge is 0.454 e. The van der Waals surface area contributed by atoms with Gasteiger partial charge in [-0.25, -0.2) is 18.3 Å². The van der Waals surface area contributed by atoms with Gasteiger partial charge in [0.2, 0.25) is 22.8 Å². The van der Waals surface area contributed by atoms with Gasteiger partial charge in [-0.1, -0.05) is 304 Å². The summed E-state index contributed by atoms with van der Waals surface area (Å²) >= 11 is 0. The highest BCUT2D eigenvalue weighted by Crippen LogP contribution is 2.65. The van der Waals surface area contributed by atoms with Crippen molar-refractivity contribution < 1.29 is 35.9 Å². The van der Waals surface area contributed by atoms with E-state index in [0.717, 1.165) is 70.3 Å². The molecule has 0 bridgehead atoms. The number of nitrogens with zero attached hydrogens (tertiary/aromatic N) is 4. The van der Waals surface area contributed by atoms with Crippen LogP contribution in [0.25, 0.3) is 177 Å². The van der Waals surface area contributed by atoms with Gasteiger partial charge in [-0.3, -0.25) is 0 Å². The molecule has 0 N–H and O–H groups in total. The number of hydrogen-bond acceptors (Lipinski definition) is 4. The maximum atomic E-state index is 7.08. The van der Waals surface area contributed by atoms with E-state index in [0.29, 0.717) is 23.7 Å². The molecule has 750 valence electrons. The van der Waals surface area contributed by atoms with Crippen LogP contribution in [0.3, 0.4) is 0 Å². The highest BCUT2D eigenvalue weighted by atomic mass is 16.3. The predicted octanol–water partition coefficient (Wildman–Crippen LogP) is 35.9. The fourth-order valence-corrected chi connectivity index (χ4v) is 29.0. The van der Waals surface area contributed by atoms with Crippen molar-refractivity contribution in [3.8, 4) is 89.5 Å². The van der Waals surface area contributed by atoms with Gasteiger partial charge in [-0.2, -0.15) is 0 Å². The lowest BCUT2D eigenvalue weighted by Gasteiger charge is -2.42. The summed E-state index contributed by atoms with van der Waals surface area (Å²) in [4.78, 5) is 0. The van der Waals surface area contributed by atoms with Gasteiger partial charge in [-0.05, 0) is 267 Å². The second-order valence-electron chi connectivity index (χ2n) is 49.4. The summed E-state index contributed by atoms with van der Waals surface area (Å²) in [6, 6.07) is 82.5. The van der Waals surface area contributed by atoms with Gasteiger partial charge in [0, 0.05) is 134 Å². The molecule has 8 aromatic heterocycles. The summed E-state index contributed by atoms with van der Waals surface area (Å²) in [5, 5.41) is 9.64. The van der Waals surface area contributed by atoms with E-state index in [1.807, 2.05) is 0 Å². The van der Waals surface area contributed by atoms with E-state index in [1.54, 1.807) is 0 Å². The molecule has 20 aromatic rings. The Kier molecular flexibility index (Phi) is 24.2. The number of hydrogen-bond donors (Lipinski definition) is 0. The third-order valence-electron chi connectivity index (χ3n) is 35.3. The minimum absolute atomic E-state index is 0.0146. The number of benzene rings is 12. The molecule has 0 saturated heterocycles. The molecule has 1 spiro atoms. The van der Waals surface area contributed by atoms with Crippen LogP contribution in [0, 0.1) is 118 Å². The molecule has 5 aliphatic rings. The quantitative estimate of drug-likeness (QED) is 0.114. The zero-order valence-corrected chi connectivity index (χ0v) is 93.5. The predicted molar refractivity (Wildman–Crippen MR) is 618 cm³/mol. The Labute approximate surface area is 877 Å². The van der Waals surface area contributed by atoms with Crippen LogP contribution in [0.2, 0.25) is 0 Å². The Morgan fingerprint density at radius 2 is 0.493 bits per heavy atom. The van der Waals surface area contributed by atoms with Crippen molar-refractivity contribution in [2.75, 3.05) is 0 Å². The molecule has 0 atom stereocenters. The van der Waals surface area contributed by atoms with Crippen molar-refractivity contribution in [1.82, 2.24) is 0 Å². The lowest BCUT2D eigenvalue weighted by atomic mass is 9.62. The van der Waals surface area contributed by atoms with Gasteiger partial charge in [0.05, 0.1) is 22.3 Å². The smallest absolute Gasteiger partial charge is 0.216 e. The van der Waals surface area contributed by atoms with Crippen molar-refractivity contribution in [3.63, 3.8) is 0 Å². The van der Waals surface area contributed by atoms with E-state index in [4.69, 9.17) is 17.7 Å². The summed E-state index contributed by atoms with van der Waals surface area (Å²) in [7, 11) is 8.56. The molecule has 12 aromatic carbocycles. The number of aromatic nitrogens is 4. The second kappa shape index (κ2) is 36.2. The molecule has 1 saturated carbocycles. The lowest BCUT2D eigenvalue weighted by molar-refractivity contribution is -0.660. The molecule has 0 unspecified atom stereocenters. The van der Waals surface area contributed by atoms with E-state index in [2.05, 4.69) is 470 Å². The molecule has 148 heavy (non-hydrogen) atoms. The summed E-state index contributed by atoms with van der Waals surface area (Å²) in [6.45, 7) is 59.5. The average Bonchev–Trinajstić information content (AvgIpc) is 1.54. The number of pyridine rings is 4. The fourth-order valence-electron chi connectivity index (χ4n) is 29.0. The van der Waals surface area contributed by atoms with Crippen molar-refractivity contribution in [3.05, 3.63) is 354 Å².